The first kappa shape index (κ1) is 14.5. The van der Waals surface area contributed by atoms with E-state index in [4.69, 9.17) is 10.2 Å². The number of aliphatic hydroxyl groups excluding tert-OH is 2. The van der Waals surface area contributed by atoms with Crippen molar-refractivity contribution in [1.82, 2.24) is 9.30 Å². The second kappa shape index (κ2) is 7.06. The van der Waals surface area contributed by atoms with E-state index in [0.29, 0.717) is 31.6 Å². The van der Waals surface area contributed by atoms with Gasteiger partial charge in [0.25, 0.3) is 0 Å². The van der Waals surface area contributed by atoms with Crippen LogP contribution in [0.25, 0.3) is 5.52 Å². The highest BCUT2D eigenvalue weighted by atomic mass is 16.3. The molecule has 0 aliphatic rings. The van der Waals surface area contributed by atoms with E-state index in [9.17, 15) is 5.26 Å². The van der Waals surface area contributed by atoms with E-state index in [1.54, 1.807) is 0 Å². The molecule has 0 aliphatic carbocycles. The smallest absolute Gasteiger partial charge is 0.102 e. The SMILES string of the molecule is N#Cc1c(CN(CCO)CCCO)cn2ccccc12. The summed E-state index contributed by atoms with van der Waals surface area (Å²) >= 11 is 0. The molecule has 0 saturated heterocycles. The Morgan fingerprint density at radius 1 is 1.20 bits per heavy atom. The molecule has 106 valence electrons. The van der Waals surface area contributed by atoms with Crippen LogP contribution in [0.2, 0.25) is 0 Å². The number of aliphatic hydroxyl groups is 2. The van der Waals surface area contributed by atoms with E-state index >= 15 is 0 Å². The molecule has 5 heteroatoms. The molecule has 0 aliphatic heterocycles. The standard InChI is InChI=1S/C15H19N3O2/c16-10-14-13(11-17(7-9-20)5-3-8-19)12-18-6-2-1-4-15(14)18/h1-2,4,6,12,19-20H,3,5,7-9,11H2. The first-order valence-corrected chi connectivity index (χ1v) is 6.73. The second-order valence-electron chi connectivity index (χ2n) is 4.71. The number of rotatable bonds is 7. The van der Waals surface area contributed by atoms with Crippen molar-refractivity contribution in [2.45, 2.75) is 13.0 Å². The van der Waals surface area contributed by atoms with Crippen LogP contribution in [0.15, 0.2) is 30.6 Å². The van der Waals surface area contributed by atoms with Crippen molar-refractivity contribution < 1.29 is 10.2 Å². The summed E-state index contributed by atoms with van der Waals surface area (Å²) in [6.07, 6.45) is 4.54. The Kier molecular flexibility index (Phi) is 5.13. The predicted molar refractivity (Wildman–Crippen MR) is 76.2 cm³/mol. The molecule has 0 amide bonds. The molecule has 2 heterocycles. The second-order valence-corrected chi connectivity index (χ2v) is 4.71. The van der Waals surface area contributed by atoms with Crippen LogP contribution in [-0.4, -0.2) is 45.8 Å². The van der Waals surface area contributed by atoms with Crippen LogP contribution in [0.4, 0.5) is 0 Å². The number of aromatic nitrogens is 1. The van der Waals surface area contributed by atoms with Gasteiger partial charge in [0.05, 0.1) is 17.7 Å². The number of nitriles is 1. The maximum absolute atomic E-state index is 9.35. The van der Waals surface area contributed by atoms with Gasteiger partial charge in [-0.3, -0.25) is 4.90 Å². The Morgan fingerprint density at radius 2 is 2.05 bits per heavy atom. The van der Waals surface area contributed by atoms with Gasteiger partial charge in [-0.25, -0.2) is 0 Å². The van der Waals surface area contributed by atoms with Crippen molar-refractivity contribution in [3.05, 3.63) is 41.7 Å². The van der Waals surface area contributed by atoms with Gasteiger partial charge in [-0.05, 0) is 18.6 Å². The molecule has 0 unspecified atom stereocenters. The molecule has 0 atom stereocenters. The quantitative estimate of drug-likeness (QED) is 0.789. The Morgan fingerprint density at radius 3 is 2.75 bits per heavy atom. The normalized spacial score (nSPS) is 11.1. The zero-order valence-corrected chi connectivity index (χ0v) is 11.4. The highest BCUT2D eigenvalue weighted by Gasteiger charge is 2.13. The van der Waals surface area contributed by atoms with Crippen LogP contribution >= 0.6 is 0 Å². The van der Waals surface area contributed by atoms with E-state index in [-0.39, 0.29) is 13.2 Å². The molecular formula is C15H19N3O2. The Labute approximate surface area is 118 Å². The average Bonchev–Trinajstić information content (AvgIpc) is 2.82. The van der Waals surface area contributed by atoms with E-state index in [1.165, 1.54) is 0 Å². The van der Waals surface area contributed by atoms with Crippen LogP contribution in [0.5, 0.6) is 0 Å². The van der Waals surface area contributed by atoms with Gasteiger partial charge in [0.1, 0.15) is 6.07 Å². The lowest BCUT2D eigenvalue weighted by molar-refractivity contribution is 0.174. The molecule has 0 bridgehead atoms. The zero-order valence-electron chi connectivity index (χ0n) is 11.4. The van der Waals surface area contributed by atoms with Crippen molar-refractivity contribution >= 4 is 5.52 Å². The van der Waals surface area contributed by atoms with Crippen molar-refractivity contribution in [2.75, 3.05) is 26.3 Å². The van der Waals surface area contributed by atoms with Gasteiger partial charge < -0.3 is 14.6 Å². The molecule has 0 saturated carbocycles. The van der Waals surface area contributed by atoms with E-state index in [2.05, 4.69) is 6.07 Å². The van der Waals surface area contributed by atoms with Crippen molar-refractivity contribution in [2.24, 2.45) is 0 Å². The molecule has 2 N–H and O–H groups in total. The summed E-state index contributed by atoms with van der Waals surface area (Å²) in [6, 6.07) is 8.03. The Hall–Kier alpha value is -1.87. The first-order chi connectivity index (χ1) is 9.80. The van der Waals surface area contributed by atoms with Crippen LogP contribution in [0.1, 0.15) is 17.5 Å². The van der Waals surface area contributed by atoms with Gasteiger partial charge in [-0.15, -0.1) is 0 Å². The van der Waals surface area contributed by atoms with Crippen LogP contribution in [0, 0.1) is 11.3 Å². The van der Waals surface area contributed by atoms with Crippen molar-refractivity contribution in [3.8, 4) is 6.07 Å². The largest absolute Gasteiger partial charge is 0.396 e. The van der Waals surface area contributed by atoms with E-state index in [1.807, 2.05) is 39.9 Å². The molecule has 0 radical (unpaired) electrons. The minimum absolute atomic E-state index is 0.0701. The number of hydrogen-bond acceptors (Lipinski definition) is 4. The fraction of sp³-hybridized carbons (Fsp3) is 0.400. The summed E-state index contributed by atoms with van der Waals surface area (Å²) in [5.74, 6) is 0. The number of nitrogens with zero attached hydrogens (tertiary/aromatic N) is 3. The molecule has 0 aromatic carbocycles. The third-order valence-corrected chi connectivity index (χ3v) is 3.32. The Bertz CT molecular complexity index is 601. The van der Waals surface area contributed by atoms with Crippen LogP contribution in [-0.2, 0) is 6.54 Å². The summed E-state index contributed by atoms with van der Waals surface area (Å²) < 4.78 is 1.94. The maximum Gasteiger partial charge on any atom is 0.102 e. The van der Waals surface area contributed by atoms with Crippen molar-refractivity contribution in [3.63, 3.8) is 0 Å². The lowest BCUT2D eigenvalue weighted by atomic mass is 10.1. The predicted octanol–water partition coefficient (Wildman–Crippen LogP) is 0.988. The van der Waals surface area contributed by atoms with Gasteiger partial charge in [0.2, 0.25) is 0 Å². The van der Waals surface area contributed by atoms with E-state index < -0.39 is 0 Å². The van der Waals surface area contributed by atoms with Gasteiger partial charge in [0, 0.05) is 44.2 Å². The molecule has 0 spiro atoms. The molecule has 2 aromatic rings. The summed E-state index contributed by atoms with van der Waals surface area (Å²) in [5.41, 5.74) is 2.53. The number of pyridine rings is 1. The van der Waals surface area contributed by atoms with Gasteiger partial charge in [-0.2, -0.15) is 5.26 Å². The summed E-state index contributed by atoms with van der Waals surface area (Å²) in [5, 5.41) is 27.4. The average molecular weight is 273 g/mol. The molecule has 2 aromatic heterocycles. The third kappa shape index (κ3) is 3.17. The topological polar surface area (TPSA) is 71.9 Å². The summed E-state index contributed by atoms with van der Waals surface area (Å²) in [7, 11) is 0. The third-order valence-electron chi connectivity index (χ3n) is 3.32. The van der Waals surface area contributed by atoms with Gasteiger partial charge in [-0.1, -0.05) is 6.07 Å². The molecule has 5 nitrogen and oxygen atoms in total. The lowest BCUT2D eigenvalue weighted by Gasteiger charge is -2.20. The highest BCUT2D eigenvalue weighted by molar-refractivity contribution is 5.65. The Balaban J connectivity index is 2.25. The summed E-state index contributed by atoms with van der Waals surface area (Å²) in [6.45, 7) is 2.04. The maximum atomic E-state index is 9.35. The zero-order chi connectivity index (χ0) is 14.4. The minimum atomic E-state index is 0.0701. The van der Waals surface area contributed by atoms with E-state index in [0.717, 1.165) is 11.1 Å². The van der Waals surface area contributed by atoms with Crippen LogP contribution in [0.3, 0.4) is 0 Å². The monoisotopic (exact) mass is 273 g/mol. The number of fused-ring (bicyclic) bond motifs is 1. The first-order valence-electron chi connectivity index (χ1n) is 6.73. The fourth-order valence-corrected chi connectivity index (χ4v) is 2.37. The number of hydrogen-bond donors (Lipinski definition) is 2. The molecule has 0 fully saturated rings. The highest BCUT2D eigenvalue weighted by Crippen LogP contribution is 2.19. The van der Waals surface area contributed by atoms with Crippen LogP contribution < -0.4 is 0 Å². The van der Waals surface area contributed by atoms with Gasteiger partial charge in [0.15, 0.2) is 0 Å². The molecule has 20 heavy (non-hydrogen) atoms. The lowest BCUT2D eigenvalue weighted by Crippen LogP contribution is -2.28. The fourth-order valence-electron chi connectivity index (χ4n) is 2.37. The summed E-state index contributed by atoms with van der Waals surface area (Å²) in [4.78, 5) is 2.05. The van der Waals surface area contributed by atoms with Crippen molar-refractivity contribution in [1.29, 1.82) is 5.26 Å². The van der Waals surface area contributed by atoms with Gasteiger partial charge >= 0.3 is 0 Å². The molecular weight excluding hydrogens is 254 g/mol. The molecule has 2 rings (SSSR count). The minimum Gasteiger partial charge on any atom is -0.396 e.